The van der Waals surface area contributed by atoms with E-state index in [1.54, 1.807) is 36.6 Å². The number of halogens is 3. The molecule has 2 heterocycles. The van der Waals surface area contributed by atoms with Crippen LogP contribution in [0.5, 0.6) is 0 Å². The number of para-hydroxylation sites is 1. The van der Waals surface area contributed by atoms with E-state index >= 15 is 0 Å². The zero-order valence-electron chi connectivity index (χ0n) is 14.8. The van der Waals surface area contributed by atoms with Crippen LogP contribution in [0.2, 0.25) is 0 Å². The fraction of sp³-hybridized carbons (Fsp3) is 0.238. The van der Waals surface area contributed by atoms with Crippen molar-refractivity contribution >= 4 is 28.5 Å². The lowest BCUT2D eigenvalue weighted by atomic mass is 9.86. The normalized spacial score (nSPS) is 15.6. The maximum atomic E-state index is 12.7. The minimum Gasteiger partial charge on any atom is -0.465 e. The zero-order chi connectivity index (χ0) is 19.7. The third kappa shape index (κ3) is 3.65. The van der Waals surface area contributed by atoms with Crippen molar-refractivity contribution < 1.29 is 22.4 Å². The number of pyridine rings is 1. The highest BCUT2D eigenvalue weighted by Crippen LogP contribution is 2.36. The highest BCUT2D eigenvalue weighted by Gasteiger charge is 2.30. The fourth-order valence-corrected chi connectivity index (χ4v) is 3.55. The number of benzene rings is 1. The largest absolute Gasteiger partial charge is 0.465 e. The first kappa shape index (κ1) is 18.3. The van der Waals surface area contributed by atoms with Gasteiger partial charge in [-0.3, -0.25) is 4.79 Å². The summed E-state index contributed by atoms with van der Waals surface area (Å²) in [5.41, 5.74) is 3.09. The van der Waals surface area contributed by atoms with Crippen LogP contribution in [-0.4, -0.2) is 23.6 Å². The number of alkyl halides is 3. The lowest BCUT2D eigenvalue weighted by Gasteiger charge is -2.22. The van der Waals surface area contributed by atoms with Gasteiger partial charge in [0.05, 0.1) is 23.0 Å². The van der Waals surface area contributed by atoms with Crippen LogP contribution in [0, 0.1) is 0 Å². The van der Waals surface area contributed by atoms with E-state index in [4.69, 9.17) is 9.40 Å². The summed E-state index contributed by atoms with van der Waals surface area (Å²) in [6.45, 7) is -1.37. The number of allylic oxidation sites excluding steroid dienone is 1. The molecule has 28 heavy (non-hydrogen) atoms. The third-order valence-corrected chi connectivity index (χ3v) is 4.71. The van der Waals surface area contributed by atoms with E-state index in [0.717, 1.165) is 18.4 Å². The predicted molar refractivity (Wildman–Crippen MR) is 99.6 cm³/mol. The Morgan fingerprint density at radius 3 is 2.75 bits per heavy atom. The molecule has 0 unspecified atom stereocenters. The molecule has 0 bridgehead atoms. The smallest absolute Gasteiger partial charge is 0.405 e. The van der Waals surface area contributed by atoms with Crippen LogP contribution in [0.15, 0.2) is 47.1 Å². The number of fused-ring (bicyclic) bond motifs is 2. The van der Waals surface area contributed by atoms with E-state index in [1.807, 2.05) is 17.5 Å². The maximum absolute atomic E-state index is 12.7. The van der Waals surface area contributed by atoms with Gasteiger partial charge in [-0.05, 0) is 54.7 Å². The molecule has 1 amide bonds. The second-order valence-corrected chi connectivity index (χ2v) is 6.67. The number of carbonyl (C=O) groups is 1. The Kier molecular flexibility index (Phi) is 4.66. The van der Waals surface area contributed by atoms with E-state index in [-0.39, 0.29) is 5.56 Å². The molecular formula is C21H17F3N2O2. The highest BCUT2D eigenvalue weighted by molar-refractivity contribution is 6.09. The van der Waals surface area contributed by atoms with Gasteiger partial charge >= 0.3 is 6.18 Å². The second kappa shape index (κ2) is 7.14. The molecular weight excluding hydrogens is 369 g/mol. The predicted octanol–water partition coefficient (Wildman–Crippen LogP) is 5.00. The van der Waals surface area contributed by atoms with Crippen molar-refractivity contribution in [3.05, 3.63) is 65.2 Å². The minimum absolute atomic E-state index is 0.273. The van der Waals surface area contributed by atoms with Crippen LogP contribution in [0.25, 0.3) is 22.6 Å². The molecule has 0 saturated heterocycles. The van der Waals surface area contributed by atoms with Crippen molar-refractivity contribution in [2.45, 2.75) is 25.4 Å². The summed E-state index contributed by atoms with van der Waals surface area (Å²) >= 11 is 0. The molecule has 7 heteroatoms. The third-order valence-electron chi connectivity index (χ3n) is 4.71. The Labute approximate surface area is 159 Å². The van der Waals surface area contributed by atoms with E-state index < -0.39 is 18.6 Å². The number of amides is 1. The van der Waals surface area contributed by atoms with E-state index in [2.05, 4.69) is 0 Å². The molecule has 2 aromatic heterocycles. The van der Waals surface area contributed by atoms with Crippen molar-refractivity contribution in [2.75, 3.05) is 6.54 Å². The topological polar surface area (TPSA) is 55.1 Å². The van der Waals surface area contributed by atoms with E-state index in [1.165, 1.54) is 0 Å². The van der Waals surface area contributed by atoms with E-state index in [0.29, 0.717) is 34.3 Å². The Balaban J connectivity index is 1.86. The Hall–Kier alpha value is -3.09. The van der Waals surface area contributed by atoms with Gasteiger partial charge in [0.25, 0.3) is 5.91 Å². The first-order valence-electron chi connectivity index (χ1n) is 8.93. The van der Waals surface area contributed by atoms with Gasteiger partial charge in [0.15, 0.2) is 0 Å². The van der Waals surface area contributed by atoms with Crippen LogP contribution in [0.1, 0.15) is 40.2 Å². The zero-order valence-corrected chi connectivity index (χ0v) is 14.8. The molecule has 4 rings (SSSR count). The van der Waals surface area contributed by atoms with E-state index in [9.17, 15) is 18.0 Å². The molecule has 0 atom stereocenters. The lowest BCUT2D eigenvalue weighted by molar-refractivity contribution is -0.123. The standard InChI is InChI=1S/C21H17F3N2O2/c22-21(23,24)12-25-20(27)18-15-7-1-2-9-17(15)26-19-13(5-3-8-16(18)19)11-14-6-4-10-28-14/h1-2,4,6-7,9-11H,3,5,8,12H2,(H,25,27)/b13-11+. The Morgan fingerprint density at radius 1 is 1.18 bits per heavy atom. The van der Waals surface area contributed by atoms with Gasteiger partial charge in [0.2, 0.25) is 0 Å². The van der Waals surface area contributed by atoms with Crippen LogP contribution in [-0.2, 0) is 6.42 Å². The fourth-order valence-electron chi connectivity index (χ4n) is 3.55. The number of rotatable bonds is 3. The van der Waals surface area contributed by atoms with Gasteiger partial charge < -0.3 is 9.73 Å². The van der Waals surface area contributed by atoms with Crippen molar-refractivity contribution in [3.63, 3.8) is 0 Å². The molecule has 1 aromatic carbocycles. The van der Waals surface area contributed by atoms with Gasteiger partial charge in [0.1, 0.15) is 12.3 Å². The molecule has 0 fully saturated rings. The number of hydrogen-bond donors (Lipinski definition) is 1. The minimum atomic E-state index is -4.47. The molecule has 1 aliphatic carbocycles. The summed E-state index contributed by atoms with van der Waals surface area (Å²) in [4.78, 5) is 17.4. The van der Waals surface area contributed by atoms with Crippen LogP contribution < -0.4 is 5.32 Å². The Morgan fingerprint density at radius 2 is 2.00 bits per heavy atom. The van der Waals surface area contributed by atoms with Gasteiger partial charge in [-0.2, -0.15) is 13.2 Å². The number of aromatic nitrogens is 1. The van der Waals surface area contributed by atoms with Crippen LogP contribution >= 0.6 is 0 Å². The average Bonchev–Trinajstić information content (AvgIpc) is 3.17. The number of carbonyl (C=O) groups excluding carboxylic acids is 1. The molecule has 1 aliphatic rings. The maximum Gasteiger partial charge on any atom is 0.405 e. The first-order valence-corrected chi connectivity index (χ1v) is 8.93. The number of hydrogen-bond acceptors (Lipinski definition) is 3. The number of furan rings is 1. The summed E-state index contributed by atoms with van der Waals surface area (Å²) in [6.07, 6.45) is 1.08. The average molecular weight is 386 g/mol. The Bertz CT molecular complexity index is 1050. The number of nitrogens with zero attached hydrogens (tertiary/aromatic N) is 1. The molecule has 3 aromatic rings. The molecule has 0 radical (unpaired) electrons. The second-order valence-electron chi connectivity index (χ2n) is 6.67. The SMILES string of the molecule is O=C(NCC(F)(F)F)c1c2c(nc3ccccc13)/C(=C/c1ccco1)CCC2. The lowest BCUT2D eigenvalue weighted by Crippen LogP contribution is -2.34. The van der Waals surface area contributed by atoms with Gasteiger partial charge in [0, 0.05) is 5.39 Å². The summed E-state index contributed by atoms with van der Waals surface area (Å²) in [5.74, 6) is -0.0627. The summed E-state index contributed by atoms with van der Waals surface area (Å²) in [7, 11) is 0. The summed E-state index contributed by atoms with van der Waals surface area (Å²) in [6, 6.07) is 10.6. The van der Waals surface area contributed by atoms with Crippen molar-refractivity contribution in [2.24, 2.45) is 0 Å². The first-order chi connectivity index (χ1) is 13.4. The molecule has 144 valence electrons. The monoisotopic (exact) mass is 386 g/mol. The van der Waals surface area contributed by atoms with Crippen LogP contribution in [0.4, 0.5) is 13.2 Å². The quantitative estimate of drug-likeness (QED) is 0.689. The number of nitrogens with one attached hydrogen (secondary N) is 1. The van der Waals surface area contributed by atoms with Crippen LogP contribution in [0.3, 0.4) is 0 Å². The molecule has 0 spiro atoms. The molecule has 4 nitrogen and oxygen atoms in total. The molecule has 0 saturated carbocycles. The van der Waals surface area contributed by atoms with Gasteiger partial charge in [-0.25, -0.2) is 4.98 Å². The van der Waals surface area contributed by atoms with Crippen molar-refractivity contribution in [1.82, 2.24) is 10.3 Å². The highest BCUT2D eigenvalue weighted by atomic mass is 19.4. The van der Waals surface area contributed by atoms with Crippen molar-refractivity contribution in [1.29, 1.82) is 0 Å². The van der Waals surface area contributed by atoms with Gasteiger partial charge in [-0.1, -0.05) is 18.2 Å². The molecule has 1 N–H and O–H groups in total. The summed E-state index contributed by atoms with van der Waals surface area (Å²) < 4.78 is 43.2. The summed E-state index contributed by atoms with van der Waals surface area (Å²) in [5, 5.41) is 2.57. The van der Waals surface area contributed by atoms with Gasteiger partial charge in [-0.15, -0.1) is 0 Å². The van der Waals surface area contributed by atoms with Crippen molar-refractivity contribution in [3.8, 4) is 0 Å². The molecule has 0 aliphatic heterocycles.